The molecule has 24 heavy (non-hydrogen) atoms. The lowest BCUT2D eigenvalue weighted by atomic mass is 10.2. The van der Waals surface area contributed by atoms with E-state index in [0.29, 0.717) is 23.8 Å². The lowest BCUT2D eigenvalue weighted by Crippen LogP contribution is -2.12. The van der Waals surface area contributed by atoms with E-state index in [0.717, 1.165) is 16.6 Å². The fraction of sp³-hybridized carbons (Fsp3) is 0.211. The molecule has 3 rings (SSSR count). The molecule has 0 spiro atoms. The number of hydrogen-bond acceptors (Lipinski definition) is 4. The Kier molecular flexibility index (Phi) is 4.42. The van der Waals surface area contributed by atoms with Crippen molar-refractivity contribution < 1.29 is 19.0 Å². The van der Waals surface area contributed by atoms with Crippen LogP contribution in [0, 0.1) is 0 Å². The van der Waals surface area contributed by atoms with Gasteiger partial charge in [0.1, 0.15) is 5.75 Å². The predicted octanol–water partition coefficient (Wildman–Crippen LogP) is 3.82. The van der Waals surface area contributed by atoms with Crippen LogP contribution in [0.25, 0.3) is 16.6 Å². The van der Waals surface area contributed by atoms with Gasteiger partial charge >= 0.3 is 5.97 Å². The first kappa shape index (κ1) is 15.9. The number of esters is 1. The second-order valence-corrected chi connectivity index (χ2v) is 5.16. The third-order valence-corrected chi connectivity index (χ3v) is 3.82. The summed E-state index contributed by atoms with van der Waals surface area (Å²) in [6.07, 6.45) is 0. The van der Waals surface area contributed by atoms with Crippen molar-refractivity contribution in [2.45, 2.75) is 6.92 Å². The van der Waals surface area contributed by atoms with E-state index in [1.165, 1.54) is 0 Å². The molecule has 0 radical (unpaired) electrons. The monoisotopic (exact) mass is 325 g/mol. The van der Waals surface area contributed by atoms with Gasteiger partial charge in [-0.3, -0.25) is 0 Å². The maximum Gasteiger partial charge on any atom is 0.359 e. The third-order valence-electron chi connectivity index (χ3n) is 3.82. The summed E-state index contributed by atoms with van der Waals surface area (Å²) in [5.41, 5.74) is 2.08. The zero-order valence-electron chi connectivity index (χ0n) is 13.9. The number of carbonyl (C=O) groups excluding carboxylic acids is 1. The molecule has 0 bridgehead atoms. The Morgan fingerprint density at radius 2 is 1.79 bits per heavy atom. The van der Waals surface area contributed by atoms with Crippen LogP contribution in [-0.4, -0.2) is 31.4 Å². The van der Waals surface area contributed by atoms with E-state index in [9.17, 15) is 4.79 Å². The highest BCUT2D eigenvalue weighted by atomic mass is 16.5. The molecule has 0 fully saturated rings. The van der Waals surface area contributed by atoms with Crippen LogP contribution in [0.3, 0.4) is 0 Å². The lowest BCUT2D eigenvalue weighted by Gasteiger charge is -2.10. The van der Waals surface area contributed by atoms with Crippen molar-refractivity contribution in [3.8, 4) is 17.2 Å². The van der Waals surface area contributed by atoms with Crippen LogP contribution in [0.1, 0.15) is 17.4 Å². The number of methoxy groups -OCH3 is 2. The van der Waals surface area contributed by atoms with Crippen LogP contribution in [0.15, 0.2) is 48.5 Å². The van der Waals surface area contributed by atoms with E-state index in [-0.39, 0.29) is 0 Å². The van der Waals surface area contributed by atoms with Crippen LogP contribution in [0.4, 0.5) is 0 Å². The van der Waals surface area contributed by atoms with Gasteiger partial charge in [0.25, 0.3) is 0 Å². The van der Waals surface area contributed by atoms with Crippen LogP contribution in [0.2, 0.25) is 0 Å². The van der Waals surface area contributed by atoms with Crippen molar-refractivity contribution in [1.82, 2.24) is 4.57 Å². The number of ether oxygens (including phenoxy) is 3. The minimum atomic E-state index is -0.423. The van der Waals surface area contributed by atoms with E-state index in [4.69, 9.17) is 14.2 Å². The minimum absolute atomic E-state index is 0.293. The van der Waals surface area contributed by atoms with Gasteiger partial charge in [0.2, 0.25) is 0 Å². The lowest BCUT2D eigenvalue weighted by molar-refractivity contribution is 0.0514. The fourth-order valence-electron chi connectivity index (χ4n) is 2.80. The number of aromatic nitrogens is 1. The van der Waals surface area contributed by atoms with Crippen molar-refractivity contribution in [1.29, 1.82) is 0 Å². The van der Waals surface area contributed by atoms with Crippen LogP contribution in [-0.2, 0) is 4.74 Å². The standard InChI is InChI=1S/C19H19NO4/c1-4-24-19(21)17-18(23-3)15-12-14(22-2)10-11-16(15)20(17)13-8-6-5-7-9-13/h5-12H,4H2,1-3H3. The maximum atomic E-state index is 12.6. The van der Waals surface area contributed by atoms with Crippen molar-refractivity contribution >= 4 is 16.9 Å². The van der Waals surface area contributed by atoms with Gasteiger partial charge in [-0.2, -0.15) is 0 Å². The topological polar surface area (TPSA) is 49.7 Å². The second-order valence-electron chi connectivity index (χ2n) is 5.16. The summed E-state index contributed by atoms with van der Waals surface area (Å²) < 4.78 is 18.0. The largest absolute Gasteiger partial charge is 0.497 e. The quantitative estimate of drug-likeness (QED) is 0.669. The van der Waals surface area contributed by atoms with E-state index >= 15 is 0 Å². The van der Waals surface area contributed by atoms with Crippen molar-refractivity contribution in [2.75, 3.05) is 20.8 Å². The number of rotatable bonds is 5. The summed E-state index contributed by atoms with van der Waals surface area (Å²) in [5, 5.41) is 0.795. The molecule has 3 aromatic rings. The average molecular weight is 325 g/mol. The maximum absolute atomic E-state index is 12.6. The minimum Gasteiger partial charge on any atom is -0.497 e. The van der Waals surface area contributed by atoms with Gasteiger partial charge in [-0.15, -0.1) is 0 Å². The Labute approximate surface area is 140 Å². The normalized spacial score (nSPS) is 10.6. The molecule has 0 aliphatic heterocycles. The van der Waals surface area contributed by atoms with Gasteiger partial charge in [-0.1, -0.05) is 18.2 Å². The van der Waals surface area contributed by atoms with Crippen LogP contribution < -0.4 is 9.47 Å². The number of benzene rings is 2. The first-order chi connectivity index (χ1) is 11.7. The Hall–Kier alpha value is -2.95. The van der Waals surface area contributed by atoms with Gasteiger partial charge in [-0.05, 0) is 37.3 Å². The molecule has 0 saturated carbocycles. The molecule has 0 atom stereocenters. The number of nitrogens with zero attached hydrogens (tertiary/aromatic N) is 1. The number of fused-ring (bicyclic) bond motifs is 1. The predicted molar refractivity (Wildman–Crippen MR) is 92.3 cm³/mol. The molecule has 0 saturated heterocycles. The molecule has 5 heteroatoms. The first-order valence-corrected chi connectivity index (χ1v) is 7.70. The number of carbonyl (C=O) groups is 1. The summed E-state index contributed by atoms with van der Waals surface area (Å²) in [6, 6.07) is 15.3. The Bertz CT molecular complexity index is 868. The van der Waals surface area contributed by atoms with Crippen molar-refractivity contribution in [3.63, 3.8) is 0 Å². The highest BCUT2D eigenvalue weighted by Gasteiger charge is 2.26. The summed E-state index contributed by atoms with van der Waals surface area (Å²) >= 11 is 0. The summed E-state index contributed by atoms with van der Waals surface area (Å²) in [6.45, 7) is 2.07. The van der Waals surface area contributed by atoms with Gasteiger partial charge in [-0.25, -0.2) is 4.79 Å². The smallest absolute Gasteiger partial charge is 0.359 e. The molecule has 0 aliphatic carbocycles. The zero-order chi connectivity index (χ0) is 17.1. The van der Waals surface area contributed by atoms with Gasteiger partial charge < -0.3 is 18.8 Å². The van der Waals surface area contributed by atoms with Crippen molar-refractivity contribution in [2.24, 2.45) is 0 Å². The molecule has 0 N–H and O–H groups in total. The average Bonchev–Trinajstić information content (AvgIpc) is 2.96. The zero-order valence-corrected chi connectivity index (χ0v) is 13.9. The van der Waals surface area contributed by atoms with E-state index in [2.05, 4.69) is 0 Å². The molecule has 124 valence electrons. The molecule has 2 aromatic carbocycles. The highest BCUT2D eigenvalue weighted by molar-refractivity contribution is 6.03. The molecular weight excluding hydrogens is 306 g/mol. The Morgan fingerprint density at radius 3 is 2.42 bits per heavy atom. The Balaban J connectivity index is 2.38. The Morgan fingerprint density at radius 1 is 1.04 bits per heavy atom. The highest BCUT2D eigenvalue weighted by Crippen LogP contribution is 2.37. The molecular formula is C19H19NO4. The van der Waals surface area contributed by atoms with Gasteiger partial charge in [0.05, 0.1) is 26.3 Å². The van der Waals surface area contributed by atoms with Gasteiger partial charge in [0, 0.05) is 11.1 Å². The second kappa shape index (κ2) is 6.66. The number of hydrogen-bond donors (Lipinski definition) is 0. The molecule has 0 amide bonds. The van der Waals surface area contributed by atoms with E-state index < -0.39 is 5.97 Å². The summed E-state index contributed by atoms with van der Waals surface area (Å²) in [7, 11) is 3.15. The number of para-hydroxylation sites is 1. The first-order valence-electron chi connectivity index (χ1n) is 7.70. The molecule has 0 aliphatic rings. The third kappa shape index (κ3) is 2.58. The van der Waals surface area contributed by atoms with Gasteiger partial charge in [0.15, 0.2) is 11.4 Å². The SMILES string of the molecule is CCOC(=O)c1c(OC)c2cc(OC)ccc2n1-c1ccccc1. The van der Waals surface area contributed by atoms with E-state index in [1.807, 2.05) is 53.1 Å². The molecule has 1 heterocycles. The summed E-state index contributed by atoms with van der Waals surface area (Å²) in [4.78, 5) is 12.6. The van der Waals surface area contributed by atoms with Crippen molar-refractivity contribution in [3.05, 3.63) is 54.2 Å². The molecule has 5 nitrogen and oxygen atoms in total. The van der Waals surface area contributed by atoms with Crippen LogP contribution in [0.5, 0.6) is 11.5 Å². The fourth-order valence-corrected chi connectivity index (χ4v) is 2.80. The molecule has 0 unspecified atom stereocenters. The van der Waals surface area contributed by atoms with Crippen LogP contribution >= 0.6 is 0 Å². The summed E-state index contributed by atoms with van der Waals surface area (Å²) in [5.74, 6) is 0.751. The molecule has 1 aromatic heterocycles. The van der Waals surface area contributed by atoms with E-state index in [1.54, 1.807) is 21.1 Å².